The van der Waals surface area contributed by atoms with Gasteiger partial charge in [0.15, 0.2) is 18.1 Å². The van der Waals surface area contributed by atoms with Crippen molar-refractivity contribution in [1.29, 1.82) is 0 Å². The molecule has 0 fully saturated rings. The van der Waals surface area contributed by atoms with Crippen LogP contribution in [0.25, 0.3) is 0 Å². The summed E-state index contributed by atoms with van der Waals surface area (Å²) >= 11 is 0. The second-order valence-electron chi connectivity index (χ2n) is 5.61. The summed E-state index contributed by atoms with van der Waals surface area (Å²) in [7, 11) is 3.12. The fourth-order valence-electron chi connectivity index (χ4n) is 2.91. The molecular weight excluding hydrogens is 306 g/mol. The van der Waals surface area contributed by atoms with Gasteiger partial charge >= 0.3 is 0 Å². The maximum atomic E-state index is 12.5. The standard InChI is InChI=1S/C19H21NO4/c1-22-16-8-5-9-17(19(16)23-2)24-13-18(21)20-11-10-14-6-3-4-7-15(14)12-20/h3-9H,10-13H2,1-2H3. The van der Waals surface area contributed by atoms with E-state index in [0.717, 1.165) is 6.42 Å². The average Bonchev–Trinajstić information content (AvgIpc) is 2.65. The van der Waals surface area contributed by atoms with Crippen molar-refractivity contribution in [2.75, 3.05) is 27.4 Å². The summed E-state index contributed by atoms with van der Waals surface area (Å²) in [4.78, 5) is 14.3. The molecule has 5 heteroatoms. The van der Waals surface area contributed by atoms with Crippen molar-refractivity contribution in [3.8, 4) is 17.2 Å². The van der Waals surface area contributed by atoms with Crippen LogP contribution in [0.4, 0.5) is 0 Å². The number of carbonyl (C=O) groups is 1. The van der Waals surface area contributed by atoms with Crippen molar-refractivity contribution >= 4 is 5.91 Å². The molecule has 0 radical (unpaired) electrons. The predicted octanol–water partition coefficient (Wildman–Crippen LogP) is 2.67. The molecular formula is C19H21NO4. The first-order valence-electron chi connectivity index (χ1n) is 7.91. The number of methoxy groups -OCH3 is 2. The number of para-hydroxylation sites is 1. The lowest BCUT2D eigenvalue weighted by atomic mass is 10.00. The topological polar surface area (TPSA) is 48.0 Å². The Hall–Kier alpha value is -2.69. The second kappa shape index (κ2) is 7.25. The van der Waals surface area contributed by atoms with Gasteiger partial charge in [0, 0.05) is 13.1 Å². The Morgan fingerprint density at radius 1 is 1.00 bits per heavy atom. The monoisotopic (exact) mass is 327 g/mol. The summed E-state index contributed by atoms with van der Waals surface area (Å²) in [5, 5.41) is 0. The minimum atomic E-state index is -0.0330. The number of benzene rings is 2. The van der Waals surface area contributed by atoms with Gasteiger partial charge in [0.25, 0.3) is 5.91 Å². The molecule has 0 spiro atoms. The highest BCUT2D eigenvalue weighted by atomic mass is 16.5. The van der Waals surface area contributed by atoms with Crippen LogP contribution in [0.2, 0.25) is 0 Å². The van der Waals surface area contributed by atoms with Gasteiger partial charge in [-0.3, -0.25) is 4.79 Å². The summed E-state index contributed by atoms with van der Waals surface area (Å²) in [5.74, 6) is 1.54. The van der Waals surface area contributed by atoms with E-state index in [0.29, 0.717) is 30.3 Å². The first kappa shape index (κ1) is 16.2. The van der Waals surface area contributed by atoms with E-state index in [1.807, 2.05) is 17.0 Å². The van der Waals surface area contributed by atoms with E-state index in [1.165, 1.54) is 11.1 Å². The van der Waals surface area contributed by atoms with Crippen molar-refractivity contribution in [3.05, 3.63) is 53.6 Å². The lowest BCUT2D eigenvalue weighted by Gasteiger charge is -2.28. The zero-order valence-corrected chi connectivity index (χ0v) is 14.0. The Labute approximate surface area is 141 Å². The minimum absolute atomic E-state index is 0.0221. The van der Waals surface area contributed by atoms with Crippen LogP contribution in [0.5, 0.6) is 17.2 Å². The molecule has 0 aliphatic carbocycles. The van der Waals surface area contributed by atoms with Crippen molar-refractivity contribution in [2.24, 2.45) is 0 Å². The number of hydrogen-bond acceptors (Lipinski definition) is 4. The molecule has 1 aliphatic heterocycles. The van der Waals surface area contributed by atoms with Crippen molar-refractivity contribution in [2.45, 2.75) is 13.0 Å². The second-order valence-corrected chi connectivity index (χ2v) is 5.61. The normalized spacial score (nSPS) is 13.2. The molecule has 24 heavy (non-hydrogen) atoms. The molecule has 0 N–H and O–H groups in total. The molecule has 2 aromatic carbocycles. The summed E-state index contributed by atoms with van der Waals surface area (Å²) < 4.78 is 16.2. The van der Waals surface area contributed by atoms with Crippen molar-refractivity contribution in [1.82, 2.24) is 4.90 Å². The van der Waals surface area contributed by atoms with Gasteiger partial charge < -0.3 is 19.1 Å². The molecule has 0 aromatic heterocycles. The van der Waals surface area contributed by atoms with E-state index in [4.69, 9.17) is 14.2 Å². The number of hydrogen-bond donors (Lipinski definition) is 0. The Bertz CT molecular complexity index is 729. The van der Waals surface area contributed by atoms with E-state index < -0.39 is 0 Å². The molecule has 5 nitrogen and oxygen atoms in total. The van der Waals surface area contributed by atoms with E-state index >= 15 is 0 Å². The van der Waals surface area contributed by atoms with Gasteiger partial charge in [-0.25, -0.2) is 0 Å². The predicted molar refractivity (Wildman–Crippen MR) is 90.6 cm³/mol. The molecule has 1 amide bonds. The first-order chi connectivity index (χ1) is 11.7. The smallest absolute Gasteiger partial charge is 0.260 e. The number of rotatable bonds is 5. The molecule has 1 heterocycles. The fraction of sp³-hybridized carbons (Fsp3) is 0.316. The highest BCUT2D eigenvalue weighted by Crippen LogP contribution is 2.36. The number of amides is 1. The largest absolute Gasteiger partial charge is 0.493 e. The van der Waals surface area contributed by atoms with Crippen LogP contribution >= 0.6 is 0 Å². The van der Waals surface area contributed by atoms with Crippen LogP contribution in [0, 0.1) is 0 Å². The summed E-state index contributed by atoms with van der Waals surface area (Å²) in [6.45, 7) is 1.33. The molecule has 0 saturated carbocycles. The molecule has 1 aliphatic rings. The van der Waals surface area contributed by atoms with Crippen LogP contribution < -0.4 is 14.2 Å². The zero-order chi connectivity index (χ0) is 16.9. The van der Waals surface area contributed by atoms with Gasteiger partial charge in [-0.2, -0.15) is 0 Å². The molecule has 0 atom stereocenters. The van der Waals surface area contributed by atoms with E-state index in [2.05, 4.69) is 12.1 Å². The summed E-state index contributed by atoms with van der Waals surface area (Å²) in [6.07, 6.45) is 0.879. The Balaban J connectivity index is 1.65. The number of carbonyl (C=O) groups excluding carboxylic acids is 1. The van der Waals surface area contributed by atoms with Crippen molar-refractivity contribution < 1.29 is 19.0 Å². The Morgan fingerprint density at radius 2 is 1.75 bits per heavy atom. The molecule has 126 valence electrons. The lowest BCUT2D eigenvalue weighted by molar-refractivity contribution is -0.134. The van der Waals surface area contributed by atoms with Crippen LogP contribution in [-0.2, 0) is 17.8 Å². The Morgan fingerprint density at radius 3 is 2.50 bits per heavy atom. The quantitative estimate of drug-likeness (QED) is 0.847. The summed E-state index contributed by atoms with van der Waals surface area (Å²) in [5.41, 5.74) is 2.52. The molecule has 3 rings (SSSR count). The molecule has 0 saturated heterocycles. The van der Waals surface area contributed by atoms with Gasteiger partial charge in [-0.15, -0.1) is 0 Å². The number of nitrogens with zero attached hydrogens (tertiary/aromatic N) is 1. The SMILES string of the molecule is COc1cccc(OCC(=O)N2CCc3ccccc3C2)c1OC. The van der Waals surface area contributed by atoms with Crippen LogP contribution in [0.1, 0.15) is 11.1 Å². The van der Waals surface area contributed by atoms with Gasteiger partial charge in [0.05, 0.1) is 14.2 Å². The van der Waals surface area contributed by atoms with Crippen LogP contribution in [0.15, 0.2) is 42.5 Å². The van der Waals surface area contributed by atoms with E-state index in [9.17, 15) is 4.79 Å². The van der Waals surface area contributed by atoms with E-state index in [1.54, 1.807) is 32.4 Å². The van der Waals surface area contributed by atoms with Gasteiger partial charge in [-0.1, -0.05) is 30.3 Å². The third-order valence-electron chi connectivity index (χ3n) is 4.20. The first-order valence-corrected chi connectivity index (χ1v) is 7.91. The third-order valence-corrected chi connectivity index (χ3v) is 4.20. The molecule has 0 bridgehead atoms. The van der Waals surface area contributed by atoms with Crippen molar-refractivity contribution in [3.63, 3.8) is 0 Å². The maximum Gasteiger partial charge on any atom is 0.260 e. The molecule has 2 aromatic rings. The van der Waals surface area contributed by atoms with E-state index in [-0.39, 0.29) is 12.5 Å². The number of ether oxygens (including phenoxy) is 3. The highest BCUT2D eigenvalue weighted by Gasteiger charge is 2.21. The number of fused-ring (bicyclic) bond motifs is 1. The zero-order valence-electron chi connectivity index (χ0n) is 14.0. The van der Waals surface area contributed by atoms with Gasteiger partial charge in [0.1, 0.15) is 0 Å². The Kier molecular flexibility index (Phi) is 4.89. The van der Waals surface area contributed by atoms with Crippen LogP contribution in [-0.4, -0.2) is 38.2 Å². The summed E-state index contributed by atoms with van der Waals surface area (Å²) in [6, 6.07) is 13.6. The van der Waals surface area contributed by atoms with Crippen LogP contribution in [0.3, 0.4) is 0 Å². The third kappa shape index (κ3) is 3.30. The van der Waals surface area contributed by atoms with Gasteiger partial charge in [-0.05, 0) is 29.7 Å². The highest BCUT2D eigenvalue weighted by molar-refractivity contribution is 5.78. The molecule has 0 unspecified atom stereocenters. The maximum absolute atomic E-state index is 12.5. The van der Waals surface area contributed by atoms with Gasteiger partial charge in [0.2, 0.25) is 5.75 Å². The lowest BCUT2D eigenvalue weighted by Crippen LogP contribution is -2.38. The average molecular weight is 327 g/mol. The fourth-order valence-corrected chi connectivity index (χ4v) is 2.91. The minimum Gasteiger partial charge on any atom is -0.493 e.